The molecule has 3 rings (SSSR count). The predicted octanol–water partition coefficient (Wildman–Crippen LogP) is 4.48. The van der Waals surface area contributed by atoms with E-state index in [2.05, 4.69) is 21.1 Å². The third kappa shape index (κ3) is 3.88. The van der Waals surface area contributed by atoms with Crippen LogP contribution in [0.2, 0.25) is 0 Å². The molecule has 2 aromatic carbocycles. The number of benzene rings is 2. The Bertz CT molecular complexity index is 922. The molecule has 3 aromatic rings. The molecule has 1 aromatic heterocycles. The van der Waals surface area contributed by atoms with Gasteiger partial charge in [0.15, 0.2) is 5.76 Å². The average molecular weight is 418 g/mol. The number of halogens is 1. The highest BCUT2D eigenvalue weighted by Gasteiger charge is 2.13. The molecule has 0 aliphatic heterocycles. The number of hydrogen-bond acceptors (Lipinski definition) is 6. The Balaban J connectivity index is 1.71. The molecule has 1 heterocycles. The van der Waals surface area contributed by atoms with Gasteiger partial charge in [0, 0.05) is 11.6 Å². The first-order valence-electron chi connectivity index (χ1n) is 7.72. The van der Waals surface area contributed by atoms with E-state index in [4.69, 9.17) is 18.7 Å². The zero-order valence-electron chi connectivity index (χ0n) is 14.2. The first-order valence-corrected chi connectivity index (χ1v) is 8.51. The highest BCUT2D eigenvalue weighted by molar-refractivity contribution is 9.10. The van der Waals surface area contributed by atoms with Gasteiger partial charge in [0.2, 0.25) is 0 Å². The summed E-state index contributed by atoms with van der Waals surface area (Å²) in [5.74, 6) is 1.45. The Kier molecular flexibility index (Phi) is 5.58. The Morgan fingerprint density at radius 1 is 1.12 bits per heavy atom. The lowest BCUT2D eigenvalue weighted by molar-refractivity contribution is 0.0600. The molecule has 0 radical (unpaired) electrons. The Labute approximate surface area is 158 Å². The summed E-state index contributed by atoms with van der Waals surface area (Å²) in [5, 5.41) is 4.07. The molecule has 7 heteroatoms. The molecule has 0 aliphatic rings. The van der Waals surface area contributed by atoms with Gasteiger partial charge < -0.3 is 18.7 Å². The standard InChI is InChI=1S/C19H16BrNO5/c1-23-17-6-4-3-5-14(17)16-10-13(26-21-16)11-25-18-8-7-12(9-15(18)20)19(22)24-2/h3-10H,11H2,1-2H3. The molecular weight excluding hydrogens is 402 g/mol. The highest BCUT2D eigenvalue weighted by Crippen LogP contribution is 2.30. The number of esters is 1. The summed E-state index contributed by atoms with van der Waals surface area (Å²) < 4.78 is 21.7. The van der Waals surface area contributed by atoms with E-state index in [1.165, 1.54) is 7.11 Å². The molecule has 134 valence electrons. The number of carbonyl (C=O) groups excluding carboxylic acids is 1. The molecule has 0 unspecified atom stereocenters. The smallest absolute Gasteiger partial charge is 0.337 e. The van der Waals surface area contributed by atoms with Crippen molar-refractivity contribution in [1.82, 2.24) is 5.16 Å². The van der Waals surface area contributed by atoms with E-state index in [1.807, 2.05) is 24.3 Å². The Morgan fingerprint density at radius 2 is 1.92 bits per heavy atom. The summed E-state index contributed by atoms with van der Waals surface area (Å²) in [7, 11) is 2.95. The summed E-state index contributed by atoms with van der Waals surface area (Å²) in [5.41, 5.74) is 1.94. The van der Waals surface area contributed by atoms with Crippen molar-refractivity contribution in [1.29, 1.82) is 0 Å². The van der Waals surface area contributed by atoms with E-state index in [1.54, 1.807) is 31.4 Å². The molecule has 0 aliphatic carbocycles. The van der Waals surface area contributed by atoms with Gasteiger partial charge in [-0.2, -0.15) is 0 Å². The van der Waals surface area contributed by atoms with Crippen LogP contribution in [-0.2, 0) is 11.3 Å². The van der Waals surface area contributed by atoms with Gasteiger partial charge in [-0.3, -0.25) is 0 Å². The zero-order chi connectivity index (χ0) is 18.5. The SMILES string of the molecule is COC(=O)c1ccc(OCc2cc(-c3ccccc3OC)no2)c(Br)c1. The fraction of sp³-hybridized carbons (Fsp3) is 0.158. The second kappa shape index (κ2) is 8.05. The van der Waals surface area contributed by atoms with Crippen LogP contribution in [0.3, 0.4) is 0 Å². The maximum absolute atomic E-state index is 11.5. The van der Waals surface area contributed by atoms with Gasteiger partial charge >= 0.3 is 5.97 Å². The number of rotatable bonds is 6. The minimum absolute atomic E-state index is 0.193. The molecule has 0 amide bonds. The topological polar surface area (TPSA) is 70.8 Å². The lowest BCUT2D eigenvalue weighted by Gasteiger charge is -2.07. The van der Waals surface area contributed by atoms with Crippen molar-refractivity contribution in [3.63, 3.8) is 0 Å². The van der Waals surface area contributed by atoms with E-state index >= 15 is 0 Å². The number of hydrogen-bond donors (Lipinski definition) is 0. The number of carbonyl (C=O) groups is 1. The minimum atomic E-state index is -0.408. The molecule has 0 saturated heterocycles. The van der Waals surface area contributed by atoms with Crippen LogP contribution in [-0.4, -0.2) is 25.3 Å². The minimum Gasteiger partial charge on any atom is -0.496 e. The monoisotopic (exact) mass is 417 g/mol. The first-order chi connectivity index (χ1) is 12.6. The van der Waals surface area contributed by atoms with Gasteiger partial charge in [-0.1, -0.05) is 17.3 Å². The van der Waals surface area contributed by atoms with Crippen molar-refractivity contribution in [2.75, 3.05) is 14.2 Å². The second-order valence-electron chi connectivity index (χ2n) is 5.30. The lowest BCUT2D eigenvalue weighted by Crippen LogP contribution is -2.02. The van der Waals surface area contributed by atoms with Crippen LogP contribution < -0.4 is 9.47 Å². The molecular formula is C19H16BrNO5. The third-order valence-corrected chi connectivity index (χ3v) is 4.28. The first kappa shape index (κ1) is 18.0. The van der Waals surface area contributed by atoms with Gasteiger partial charge in [-0.05, 0) is 46.3 Å². The third-order valence-electron chi connectivity index (χ3n) is 3.66. The van der Waals surface area contributed by atoms with E-state index in [0.717, 1.165) is 11.3 Å². The number of aromatic nitrogens is 1. The largest absolute Gasteiger partial charge is 0.496 e. The predicted molar refractivity (Wildman–Crippen MR) is 98.3 cm³/mol. The quantitative estimate of drug-likeness (QED) is 0.550. The van der Waals surface area contributed by atoms with Crippen molar-refractivity contribution >= 4 is 21.9 Å². The number of ether oxygens (including phenoxy) is 3. The fourth-order valence-corrected chi connectivity index (χ4v) is 2.87. The molecule has 0 bridgehead atoms. The highest BCUT2D eigenvalue weighted by atomic mass is 79.9. The molecule has 0 N–H and O–H groups in total. The van der Waals surface area contributed by atoms with Crippen LogP contribution in [0.15, 0.2) is 57.5 Å². The van der Waals surface area contributed by atoms with Crippen molar-refractivity contribution in [2.45, 2.75) is 6.61 Å². The van der Waals surface area contributed by atoms with Gasteiger partial charge in [0.05, 0.1) is 24.3 Å². The van der Waals surface area contributed by atoms with Crippen molar-refractivity contribution in [3.05, 3.63) is 64.3 Å². The molecule has 0 spiro atoms. The maximum atomic E-state index is 11.5. The summed E-state index contributed by atoms with van der Waals surface area (Å²) >= 11 is 3.38. The van der Waals surface area contributed by atoms with Crippen LogP contribution in [0.5, 0.6) is 11.5 Å². The van der Waals surface area contributed by atoms with Gasteiger partial charge in [0.25, 0.3) is 0 Å². The van der Waals surface area contributed by atoms with E-state index in [9.17, 15) is 4.79 Å². The van der Waals surface area contributed by atoms with Crippen molar-refractivity contribution < 1.29 is 23.5 Å². The average Bonchev–Trinajstić information content (AvgIpc) is 3.15. The van der Waals surface area contributed by atoms with Crippen molar-refractivity contribution in [2.24, 2.45) is 0 Å². The number of methoxy groups -OCH3 is 2. The summed E-state index contributed by atoms with van der Waals surface area (Å²) in [6, 6.07) is 14.3. The van der Waals surface area contributed by atoms with Crippen LogP contribution >= 0.6 is 15.9 Å². The molecule has 6 nitrogen and oxygen atoms in total. The normalized spacial score (nSPS) is 10.4. The van der Waals surface area contributed by atoms with Gasteiger partial charge in [-0.15, -0.1) is 0 Å². The summed E-state index contributed by atoms with van der Waals surface area (Å²) in [6.07, 6.45) is 0. The van der Waals surface area contributed by atoms with E-state index in [-0.39, 0.29) is 6.61 Å². The van der Waals surface area contributed by atoms with E-state index in [0.29, 0.717) is 27.2 Å². The van der Waals surface area contributed by atoms with Crippen LogP contribution in [0, 0.1) is 0 Å². The lowest BCUT2D eigenvalue weighted by atomic mass is 10.1. The number of nitrogens with zero attached hydrogens (tertiary/aromatic N) is 1. The van der Waals surface area contributed by atoms with Crippen molar-refractivity contribution in [3.8, 4) is 22.8 Å². The Hall–Kier alpha value is -2.80. The van der Waals surface area contributed by atoms with Gasteiger partial charge in [-0.25, -0.2) is 4.79 Å². The molecule has 0 atom stereocenters. The Morgan fingerprint density at radius 3 is 2.65 bits per heavy atom. The molecule has 0 fully saturated rings. The molecule has 0 saturated carbocycles. The summed E-state index contributed by atoms with van der Waals surface area (Å²) in [6.45, 7) is 0.193. The molecule has 26 heavy (non-hydrogen) atoms. The van der Waals surface area contributed by atoms with Crippen LogP contribution in [0.1, 0.15) is 16.1 Å². The second-order valence-corrected chi connectivity index (χ2v) is 6.16. The number of para-hydroxylation sites is 1. The fourth-order valence-electron chi connectivity index (χ4n) is 2.38. The van der Waals surface area contributed by atoms with Gasteiger partial charge in [0.1, 0.15) is 23.8 Å². The maximum Gasteiger partial charge on any atom is 0.337 e. The zero-order valence-corrected chi connectivity index (χ0v) is 15.8. The van der Waals surface area contributed by atoms with Crippen LogP contribution in [0.4, 0.5) is 0 Å². The van der Waals surface area contributed by atoms with Crippen LogP contribution in [0.25, 0.3) is 11.3 Å². The van der Waals surface area contributed by atoms with E-state index < -0.39 is 5.97 Å². The summed E-state index contributed by atoms with van der Waals surface area (Å²) in [4.78, 5) is 11.5.